The molecule has 1 saturated carbocycles. The first-order valence-corrected chi connectivity index (χ1v) is 6.91. The van der Waals surface area contributed by atoms with Gasteiger partial charge in [0.05, 0.1) is 6.20 Å². The predicted molar refractivity (Wildman–Crippen MR) is 71.6 cm³/mol. The fraction of sp³-hybridized carbons (Fsp3) is 0.308. The van der Waals surface area contributed by atoms with Crippen molar-refractivity contribution in [2.45, 2.75) is 24.9 Å². The van der Waals surface area contributed by atoms with E-state index >= 15 is 0 Å². The van der Waals surface area contributed by atoms with Crippen LogP contribution in [0, 0.1) is 0 Å². The van der Waals surface area contributed by atoms with Crippen LogP contribution in [-0.2, 0) is 6.54 Å². The fourth-order valence-electron chi connectivity index (χ4n) is 2.08. The highest BCUT2D eigenvalue weighted by molar-refractivity contribution is 7.15. The average molecular weight is 265 g/mol. The van der Waals surface area contributed by atoms with E-state index in [1.165, 1.54) is 12.0 Å². The molecule has 1 aliphatic rings. The molecule has 1 aromatic heterocycles. The van der Waals surface area contributed by atoms with Gasteiger partial charge in [-0.15, -0.1) is 11.3 Å². The second-order valence-electron chi connectivity index (χ2n) is 4.30. The number of halogens is 1. The van der Waals surface area contributed by atoms with Crippen molar-refractivity contribution in [3.05, 3.63) is 51.4 Å². The molecule has 2 atom stereocenters. The highest BCUT2D eigenvalue weighted by atomic mass is 35.5. The smallest absolute Gasteiger partial charge is 0.113 e. The number of thiazole rings is 1. The largest absolute Gasteiger partial charge is 0.307 e. The zero-order valence-electron chi connectivity index (χ0n) is 9.27. The average Bonchev–Trinajstić information content (AvgIpc) is 3.03. The minimum atomic E-state index is 0.597. The van der Waals surface area contributed by atoms with Crippen LogP contribution in [0.15, 0.2) is 36.5 Å². The maximum absolute atomic E-state index is 5.84. The molecule has 0 spiro atoms. The van der Waals surface area contributed by atoms with Gasteiger partial charge in [0, 0.05) is 18.5 Å². The molecular weight excluding hydrogens is 252 g/mol. The van der Waals surface area contributed by atoms with Gasteiger partial charge >= 0.3 is 0 Å². The van der Waals surface area contributed by atoms with Crippen molar-refractivity contribution in [2.75, 3.05) is 0 Å². The third-order valence-corrected chi connectivity index (χ3v) is 4.17. The van der Waals surface area contributed by atoms with Gasteiger partial charge < -0.3 is 5.32 Å². The molecule has 0 amide bonds. The maximum atomic E-state index is 5.84. The molecule has 1 aliphatic carbocycles. The van der Waals surface area contributed by atoms with Crippen molar-refractivity contribution in [2.24, 2.45) is 0 Å². The summed E-state index contributed by atoms with van der Waals surface area (Å²) in [6, 6.07) is 11.3. The van der Waals surface area contributed by atoms with Gasteiger partial charge in [-0.25, -0.2) is 4.98 Å². The van der Waals surface area contributed by atoms with Crippen LogP contribution < -0.4 is 5.32 Å². The molecular formula is C13H13ClN2S. The molecule has 1 N–H and O–H groups in total. The van der Waals surface area contributed by atoms with Gasteiger partial charge in [-0.2, -0.15) is 0 Å². The number of benzene rings is 1. The van der Waals surface area contributed by atoms with E-state index in [2.05, 4.69) is 40.6 Å². The monoisotopic (exact) mass is 264 g/mol. The Hall–Kier alpha value is -0.900. The van der Waals surface area contributed by atoms with Gasteiger partial charge in [0.2, 0.25) is 0 Å². The van der Waals surface area contributed by atoms with Crippen molar-refractivity contribution in [3.8, 4) is 0 Å². The highest BCUT2D eigenvalue weighted by Gasteiger charge is 2.37. The molecule has 1 aromatic carbocycles. The lowest BCUT2D eigenvalue weighted by molar-refractivity contribution is 0.670. The Morgan fingerprint density at radius 1 is 1.35 bits per heavy atom. The Labute approximate surface area is 110 Å². The molecule has 2 aromatic rings. The summed E-state index contributed by atoms with van der Waals surface area (Å²) in [6.45, 7) is 0.825. The van der Waals surface area contributed by atoms with Crippen LogP contribution in [-0.4, -0.2) is 11.0 Å². The predicted octanol–water partition coefficient (Wildman–Crippen LogP) is 3.44. The lowest BCUT2D eigenvalue weighted by Gasteiger charge is -2.01. The van der Waals surface area contributed by atoms with Crippen molar-refractivity contribution in [1.29, 1.82) is 0 Å². The summed E-state index contributed by atoms with van der Waals surface area (Å²) in [5.74, 6) is 0.673. The summed E-state index contributed by atoms with van der Waals surface area (Å²) < 4.78 is 0.761. The summed E-state index contributed by atoms with van der Waals surface area (Å²) in [6.07, 6.45) is 2.94. The van der Waals surface area contributed by atoms with Gasteiger partial charge in [0.15, 0.2) is 0 Å². The van der Waals surface area contributed by atoms with E-state index < -0.39 is 0 Å². The molecule has 17 heavy (non-hydrogen) atoms. The SMILES string of the molecule is Clc1cnc(CNC2CC2c2ccccc2)s1. The Morgan fingerprint density at radius 3 is 2.88 bits per heavy atom. The van der Waals surface area contributed by atoms with Gasteiger partial charge in [0.1, 0.15) is 9.34 Å². The third-order valence-electron chi connectivity index (χ3n) is 3.06. The van der Waals surface area contributed by atoms with E-state index in [4.69, 9.17) is 11.6 Å². The molecule has 1 heterocycles. The van der Waals surface area contributed by atoms with Crippen LogP contribution in [0.3, 0.4) is 0 Å². The molecule has 2 unspecified atom stereocenters. The summed E-state index contributed by atoms with van der Waals surface area (Å²) in [7, 11) is 0. The fourth-order valence-corrected chi connectivity index (χ4v) is 2.98. The number of aromatic nitrogens is 1. The molecule has 0 aliphatic heterocycles. The Kier molecular flexibility index (Phi) is 3.14. The van der Waals surface area contributed by atoms with Crippen LogP contribution in [0.2, 0.25) is 4.34 Å². The molecule has 0 saturated heterocycles. The Morgan fingerprint density at radius 2 is 2.18 bits per heavy atom. The van der Waals surface area contributed by atoms with Crippen LogP contribution in [0.5, 0.6) is 0 Å². The minimum Gasteiger partial charge on any atom is -0.307 e. The lowest BCUT2D eigenvalue weighted by atomic mass is 10.1. The van der Waals surface area contributed by atoms with Crippen LogP contribution in [0.25, 0.3) is 0 Å². The van der Waals surface area contributed by atoms with E-state index in [0.717, 1.165) is 15.9 Å². The standard InChI is InChI=1S/C13H13ClN2S/c14-12-7-16-13(17-12)8-15-11-6-10(11)9-4-2-1-3-5-9/h1-5,7,10-11,15H,6,8H2. The van der Waals surface area contributed by atoms with Crippen molar-refractivity contribution >= 4 is 22.9 Å². The molecule has 88 valence electrons. The van der Waals surface area contributed by atoms with Gasteiger partial charge in [0.25, 0.3) is 0 Å². The first kappa shape index (κ1) is 11.2. The Balaban J connectivity index is 1.53. The molecule has 2 nitrogen and oxygen atoms in total. The van der Waals surface area contributed by atoms with Crippen LogP contribution in [0.1, 0.15) is 22.9 Å². The summed E-state index contributed by atoms with van der Waals surface area (Å²) in [5, 5.41) is 4.59. The third kappa shape index (κ3) is 2.68. The zero-order valence-corrected chi connectivity index (χ0v) is 10.8. The number of nitrogens with zero attached hydrogens (tertiary/aromatic N) is 1. The summed E-state index contributed by atoms with van der Waals surface area (Å²) in [5.41, 5.74) is 1.43. The van der Waals surface area contributed by atoms with E-state index in [0.29, 0.717) is 12.0 Å². The van der Waals surface area contributed by atoms with E-state index in [-0.39, 0.29) is 0 Å². The van der Waals surface area contributed by atoms with Gasteiger partial charge in [-0.05, 0) is 12.0 Å². The van der Waals surface area contributed by atoms with Crippen molar-refractivity contribution < 1.29 is 0 Å². The molecule has 0 bridgehead atoms. The highest BCUT2D eigenvalue weighted by Crippen LogP contribution is 2.40. The molecule has 1 fully saturated rings. The summed E-state index contributed by atoms with van der Waals surface area (Å²) in [4.78, 5) is 4.24. The lowest BCUT2D eigenvalue weighted by Crippen LogP contribution is -2.16. The minimum absolute atomic E-state index is 0.597. The molecule has 4 heteroatoms. The molecule has 0 radical (unpaired) electrons. The van der Waals surface area contributed by atoms with E-state index in [1.807, 2.05) is 0 Å². The number of hydrogen-bond acceptors (Lipinski definition) is 3. The van der Waals surface area contributed by atoms with E-state index in [9.17, 15) is 0 Å². The number of nitrogens with one attached hydrogen (secondary N) is 1. The topological polar surface area (TPSA) is 24.9 Å². The van der Waals surface area contributed by atoms with Crippen molar-refractivity contribution in [1.82, 2.24) is 10.3 Å². The first-order valence-electron chi connectivity index (χ1n) is 5.71. The second kappa shape index (κ2) is 4.77. The van der Waals surface area contributed by atoms with Crippen LogP contribution >= 0.6 is 22.9 Å². The second-order valence-corrected chi connectivity index (χ2v) is 6.04. The first-order chi connectivity index (χ1) is 8.33. The van der Waals surface area contributed by atoms with E-state index in [1.54, 1.807) is 17.5 Å². The quantitative estimate of drug-likeness (QED) is 0.915. The number of hydrogen-bond donors (Lipinski definition) is 1. The normalized spacial score (nSPS) is 22.6. The maximum Gasteiger partial charge on any atom is 0.113 e. The Bertz CT molecular complexity index is 497. The zero-order chi connectivity index (χ0) is 11.7. The molecule has 3 rings (SSSR count). The van der Waals surface area contributed by atoms with Crippen molar-refractivity contribution in [3.63, 3.8) is 0 Å². The van der Waals surface area contributed by atoms with Crippen LogP contribution in [0.4, 0.5) is 0 Å². The van der Waals surface area contributed by atoms with Gasteiger partial charge in [-0.1, -0.05) is 41.9 Å². The summed E-state index contributed by atoms with van der Waals surface area (Å²) >= 11 is 7.39. The number of rotatable bonds is 4. The van der Waals surface area contributed by atoms with Gasteiger partial charge in [-0.3, -0.25) is 0 Å².